The molecule has 1 aliphatic rings. The highest BCUT2D eigenvalue weighted by atomic mass is 16.6. The first-order valence-electron chi connectivity index (χ1n) is 6.61. The van der Waals surface area contributed by atoms with Crippen molar-refractivity contribution in [1.82, 2.24) is 10.2 Å². The van der Waals surface area contributed by atoms with Gasteiger partial charge in [-0.15, -0.1) is 0 Å². The first-order valence-corrected chi connectivity index (χ1v) is 6.61. The Balaban J connectivity index is 2.56. The van der Waals surface area contributed by atoms with E-state index < -0.39 is 11.7 Å². The lowest BCUT2D eigenvalue weighted by atomic mass is 10.0. The first-order chi connectivity index (χ1) is 8.19. The number of nitrogens with zero attached hydrogens (tertiary/aromatic N) is 1. The number of carbonyl (C=O) groups is 1. The van der Waals surface area contributed by atoms with Gasteiger partial charge in [0.15, 0.2) is 0 Å². The van der Waals surface area contributed by atoms with Crippen LogP contribution in [0.25, 0.3) is 0 Å². The van der Waals surface area contributed by atoms with Crippen LogP contribution in [0.5, 0.6) is 0 Å². The van der Waals surface area contributed by atoms with Crippen LogP contribution in [0.15, 0.2) is 0 Å². The molecule has 2 atom stereocenters. The van der Waals surface area contributed by atoms with Crippen LogP contribution in [0.4, 0.5) is 4.79 Å². The summed E-state index contributed by atoms with van der Waals surface area (Å²) in [6, 6.07) is 0.203. The molecule has 0 bridgehead atoms. The van der Waals surface area contributed by atoms with Crippen LogP contribution in [0.1, 0.15) is 41.0 Å². The highest BCUT2D eigenvalue weighted by Gasteiger charge is 2.32. The number of likely N-dealkylation sites (tertiary alicyclic amines) is 1. The van der Waals surface area contributed by atoms with Crippen molar-refractivity contribution in [3.63, 3.8) is 0 Å². The van der Waals surface area contributed by atoms with Crippen LogP contribution in [0, 0.1) is 0 Å². The number of piperidine rings is 1. The molecule has 1 amide bonds. The molecule has 5 nitrogen and oxygen atoms in total. The number of hydrogen-bond donors (Lipinski definition) is 2. The van der Waals surface area contributed by atoms with Gasteiger partial charge in [-0.25, -0.2) is 4.79 Å². The number of aliphatic hydroxyl groups excluding tert-OH is 1. The zero-order valence-corrected chi connectivity index (χ0v) is 12.1. The van der Waals surface area contributed by atoms with Crippen LogP contribution in [-0.4, -0.2) is 53.0 Å². The molecule has 1 saturated heterocycles. The van der Waals surface area contributed by atoms with Gasteiger partial charge in [-0.1, -0.05) is 13.8 Å². The number of nitrogens with one attached hydrogen (secondary N) is 1. The second-order valence-corrected chi connectivity index (χ2v) is 6.21. The molecule has 1 heterocycles. The van der Waals surface area contributed by atoms with Gasteiger partial charge in [0.05, 0.1) is 12.1 Å². The molecule has 2 unspecified atom stereocenters. The fourth-order valence-electron chi connectivity index (χ4n) is 2.02. The Labute approximate surface area is 109 Å². The summed E-state index contributed by atoms with van der Waals surface area (Å²) in [5, 5.41) is 13.2. The van der Waals surface area contributed by atoms with E-state index >= 15 is 0 Å². The van der Waals surface area contributed by atoms with Crippen molar-refractivity contribution in [3.05, 3.63) is 0 Å². The number of amides is 1. The van der Waals surface area contributed by atoms with Gasteiger partial charge in [-0.2, -0.15) is 0 Å². The van der Waals surface area contributed by atoms with Gasteiger partial charge in [0, 0.05) is 19.1 Å². The van der Waals surface area contributed by atoms with Gasteiger partial charge in [0.25, 0.3) is 0 Å². The summed E-state index contributed by atoms with van der Waals surface area (Å²) < 4.78 is 5.34. The minimum Gasteiger partial charge on any atom is -0.444 e. The Kier molecular flexibility index (Phi) is 4.99. The second-order valence-electron chi connectivity index (χ2n) is 6.21. The van der Waals surface area contributed by atoms with Gasteiger partial charge in [0.2, 0.25) is 0 Å². The third-order valence-corrected chi connectivity index (χ3v) is 2.78. The molecule has 1 fully saturated rings. The van der Waals surface area contributed by atoms with E-state index in [1.54, 1.807) is 4.90 Å². The molecule has 0 spiro atoms. The number of ether oxygens (including phenoxy) is 1. The van der Waals surface area contributed by atoms with Crippen molar-refractivity contribution >= 4 is 6.09 Å². The highest BCUT2D eigenvalue weighted by molar-refractivity contribution is 5.68. The standard InChI is InChI=1S/C13H26N2O3/c1-9(2)14-10-8-15(7-6-11(10)16)12(17)18-13(3,4)5/h9-11,14,16H,6-8H2,1-5H3. The smallest absolute Gasteiger partial charge is 0.410 e. The Bertz CT molecular complexity index is 286. The van der Waals surface area contributed by atoms with Gasteiger partial charge in [-0.05, 0) is 27.2 Å². The minimum atomic E-state index is -0.478. The molecule has 1 rings (SSSR count). The summed E-state index contributed by atoms with van der Waals surface area (Å²) in [7, 11) is 0. The van der Waals surface area contributed by atoms with Gasteiger partial charge >= 0.3 is 6.09 Å². The predicted octanol–water partition coefficient (Wildman–Crippen LogP) is 1.35. The average Bonchev–Trinajstić information content (AvgIpc) is 2.17. The van der Waals surface area contributed by atoms with E-state index in [1.807, 2.05) is 34.6 Å². The third-order valence-electron chi connectivity index (χ3n) is 2.78. The zero-order valence-electron chi connectivity index (χ0n) is 12.1. The molecule has 5 heteroatoms. The summed E-state index contributed by atoms with van der Waals surface area (Å²) in [5.41, 5.74) is -0.478. The normalized spacial score (nSPS) is 25.4. The summed E-state index contributed by atoms with van der Waals surface area (Å²) in [6.45, 7) is 10.7. The van der Waals surface area contributed by atoms with Crippen molar-refractivity contribution in [3.8, 4) is 0 Å². The third kappa shape index (κ3) is 4.82. The van der Waals surface area contributed by atoms with Crippen LogP contribution >= 0.6 is 0 Å². The van der Waals surface area contributed by atoms with Crippen LogP contribution in [0.2, 0.25) is 0 Å². The highest BCUT2D eigenvalue weighted by Crippen LogP contribution is 2.16. The van der Waals surface area contributed by atoms with Crippen LogP contribution in [-0.2, 0) is 4.74 Å². The molecule has 1 aliphatic heterocycles. The summed E-state index contributed by atoms with van der Waals surface area (Å²) in [6.07, 6.45) is -0.111. The number of carbonyl (C=O) groups excluding carboxylic acids is 1. The lowest BCUT2D eigenvalue weighted by Crippen LogP contribution is -2.57. The van der Waals surface area contributed by atoms with E-state index in [0.29, 0.717) is 19.5 Å². The van der Waals surface area contributed by atoms with Crippen molar-refractivity contribution < 1.29 is 14.6 Å². The zero-order chi connectivity index (χ0) is 13.9. The number of aliphatic hydroxyl groups is 1. The van der Waals surface area contributed by atoms with Gasteiger partial charge in [-0.3, -0.25) is 0 Å². The molecule has 0 aliphatic carbocycles. The Morgan fingerprint density at radius 1 is 1.44 bits per heavy atom. The number of hydrogen-bond acceptors (Lipinski definition) is 4. The Morgan fingerprint density at radius 2 is 2.06 bits per heavy atom. The Hall–Kier alpha value is -0.810. The fourth-order valence-corrected chi connectivity index (χ4v) is 2.02. The van der Waals surface area contributed by atoms with Crippen LogP contribution < -0.4 is 5.32 Å². The quantitative estimate of drug-likeness (QED) is 0.785. The largest absolute Gasteiger partial charge is 0.444 e. The van der Waals surface area contributed by atoms with Gasteiger partial charge < -0.3 is 20.1 Å². The topological polar surface area (TPSA) is 61.8 Å². The average molecular weight is 258 g/mol. The predicted molar refractivity (Wildman–Crippen MR) is 70.5 cm³/mol. The molecule has 0 aromatic heterocycles. The summed E-state index contributed by atoms with van der Waals surface area (Å²) in [5.74, 6) is 0. The molecular formula is C13H26N2O3. The summed E-state index contributed by atoms with van der Waals surface area (Å²) in [4.78, 5) is 13.6. The summed E-state index contributed by atoms with van der Waals surface area (Å²) >= 11 is 0. The Morgan fingerprint density at radius 3 is 2.56 bits per heavy atom. The molecule has 106 valence electrons. The monoisotopic (exact) mass is 258 g/mol. The van der Waals surface area contributed by atoms with Gasteiger partial charge in [0.1, 0.15) is 5.60 Å². The SMILES string of the molecule is CC(C)NC1CN(C(=O)OC(C)(C)C)CCC1O. The fraction of sp³-hybridized carbons (Fsp3) is 0.923. The van der Waals surface area contributed by atoms with Crippen LogP contribution in [0.3, 0.4) is 0 Å². The first kappa shape index (κ1) is 15.2. The molecule has 2 N–H and O–H groups in total. The molecule has 18 heavy (non-hydrogen) atoms. The van der Waals surface area contributed by atoms with E-state index in [0.717, 1.165) is 0 Å². The van der Waals surface area contributed by atoms with Crippen molar-refractivity contribution in [2.75, 3.05) is 13.1 Å². The molecule has 0 aromatic rings. The van der Waals surface area contributed by atoms with E-state index in [2.05, 4.69) is 5.32 Å². The number of rotatable bonds is 2. The van der Waals surface area contributed by atoms with Crippen molar-refractivity contribution in [2.45, 2.75) is 64.8 Å². The van der Waals surface area contributed by atoms with E-state index in [-0.39, 0.29) is 18.2 Å². The molecule has 0 saturated carbocycles. The maximum absolute atomic E-state index is 11.9. The van der Waals surface area contributed by atoms with E-state index in [1.165, 1.54) is 0 Å². The lowest BCUT2D eigenvalue weighted by molar-refractivity contribution is -0.000659. The van der Waals surface area contributed by atoms with E-state index in [9.17, 15) is 9.90 Å². The molecular weight excluding hydrogens is 232 g/mol. The second kappa shape index (κ2) is 5.89. The van der Waals surface area contributed by atoms with E-state index in [4.69, 9.17) is 4.74 Å². The maximum Gasteiger partial charge on any atom is 0.410 e. The van der Waals surface area contributed by atoms with Crippen molar-refractivity contribution in [2.24, 2.45) is 0 Å². The molecule has 0 aromatic carbocycles. The molecule has 0 radical (unpaired) electrons. The lowest BCUT2D eigenvalue weighted by Gasteiger charge is -2.38. The maximum atomic E-state index is 11.9. The minimum absolute atomic E-state index is 0.0775. The van der Waals surface area contributed by atoms with Crippen molar-refractivity contribution in [1.29, 1.82) is 0 Å².